The number of ether oxygens (including phenoxy) is 2. The number of benzene rings is 1. The van der Waals surface area contributed by atoms with E-state index < -0.39 is 35.3 Å². The molecule has 2 amide bonds. The quantitative estimate of drug-likeness (QED) is 0.485. The van der Waals surface area contributed by atoms with Gasteiger partial charge in [-0.25, -0.2) is 25.1 Å². The molecule has 0 radical (unpaired) electrons. The molecule has 1 saturated heterocycles. The van der Waals surface area contributed by atoms with Crippen LogP contribution in [0.4, 0.5) is 19.3 Å². The summed E-state index contributed by atoms with van der Waals surface area (Å²) < 4.78 is 43.4. The van der Waals surface area contributed by atoms with Gasteiger partial charge in [0.25, 0.3) is 0 Å². The summed E-state index contributed by atoms with van der Waals surface area (Å²) in [6.07, 6.45) is 2.39. The molecule has 0 spiro atoms. The second kappa shape index (κ2) is 10.0. The number of rotatable bonds is 6. The SMILES string of the molecule is [C-]#[N+]C1(CC(=O)Nc2cc(F)c(-c3nc4cc(C)ccn4c3C[C@H]3CN(C(=O)OC)CCO3)c(F)c2)CC1. The highest BCUT2D eigenvalue weighted by atomic mass is 19.1. The van der Waals surface area contributed by atoms with Crippen LogP contribution in [0.1, 0.15) is 30.5 Å². The van der Waals surface area contributed by atoms with E-state index in [1.807, 2.05) is 19.1 Å². The molecule has 1 aromatic carbocycles. The Balaban J connectivity index is 1.47. The highest BCUT2D eigenvalue weighted by Gasteiger charge is 2.52. The first-order valence-electron chi connectivity index (χ1n) is 12.3. The summed E-state index contributed by atoms with van der Waals surface area (Å²) in [5.74, 6) is -2.22. The molecule has 1 N–H and O–H groups in total. The van der Waals surface area contributed by atoms with Crippen molar-refractivity contribution >= 4 is 23.3 Å². The van der Waals surface area contributed by atoms with Gasteiger partial charge in [-0.2, -0.15) is 0 Å². The van der Waals surface area contributed by atoms with Gasteiger partial charge < -0.3 is 28.9 Å². The van der Waals surface area contributed by atoms with Crippen molar-refractivity contribution in [1.29, 1.82) is 0 Å². The predicted molar refractivity (Wildman–Crippen MR) is 135 cm³/mol. The number of aryl methyl sites for hydroxylation is 1. The minimum absolute atomic E-state index is 0.0125. The Kier molecular flexibility index (Phi) is 6.75. The van der Waals surface area contributed by atoms with E-state index in [1.54, 1.807) is 10.6 Å². The molecular weight excluding hydrogens is 496 g/mol. The summed E-state index contributed by atoms with van der Waals surface area (Å²) in [4.78, 5) is 34.0. The lowest BCUT2D eigenvalue weighted by molar-refractivity contribution is -0.116. The molecule has 0 bridgehead atoms. The summed E-state index contributed by atoms with van der Waals surface area (Å²) >= 11 is 0. The van der Waals surface area contributed by atoms with Gasteiger partial charge in [0.2, 0.25) is 11.4 Å². The minimum Gasteiger partial charge on any atom is -0.453 e. The lowest BCUT2D eigenvalue weighted by atomic mass is 10.0. The fourth-order valence-corrected chi connectivity index (χ4v) is 4.79. The zero-order valence-electron chi connectivity index (χ0n) is 21.1. The van der Waals surface area contributed by atoms with Crippen molar-refractivity contribution < 1.29 is 27.8 Å². The van der Waals surface area contributed by atoms with Crippen LogP contribution in [0, 0.1) is 25.1 Å². The number of nitrogens with zero attached hydrogens (tertiary/aromatic N) is 4. The Morgan fingerprint density at radius 2 is 2.03 bits per heavy atom. The smallest absolute Gasteiger partial charge is 0.409 e. The topological polar surface area (TPSA) is 89.5 Å². The van der Waals surface area contributed by atoms with E-state index in [-0.39, 0.29) is 36.3 Å². The van der Waals surface area contributed by atoms with E-state index in [0.29, 0.717) is 37.3 Å². The Bertz CT molecular complexity index is 1440. The number of hydrogen-bond donors (Lipinski definition) is 1. The van der Waals surface area contributed by atoms with Crippen LogP contribution in [0.5, 0.6) is 0 Å². The zero-order valence-corrected chi connectivity index (χ0v) is 21.1. The number of methoxy groups -OCH3 is 1. The van der Waals surface area contributed by atoms with Gasteiger partial charge in [-0.15, -0.1) is 0 Å². The van der Waals surface area contributed by atoms with Gasteiger partial charge in [0.05, 0.1) is 43.3 Å². The normalized spacial score (nSPS) is 18.2. The van der Waals surface area contributed by atoms with Crippen LogP contribution in [-0.4, -0.2) is 64.7 Å². The van der Waals surface area contributed by atoms with Crippen LogP contribution < -0.4 is 5.32 Å². The first-order valence-corrected chi connectivity index (χ1v) is 12.3. The van der Waals surface area contributed by atoms with Gasteiger partial charge in [-0.3, -0.25) is 4.79 Å². The summed E-state index contributed by atoms with van der Waals surface area (Å²) in [7, 11) is 1.31. The highest BCUT2D eigenvalue weighted by Crippen LogP contribution is 2.43. The average molecular weight is 524 g/mol. The van der Waals surface area contributed by atoms with Gasteiger partial charge in [-0.05, 0) is 36.8 Å². The Morgan fingerprint density at radius 3 is 2.68 bits per heavy atom. The van der Waals surface area contributed by atoms with Crippen molar-refractivity contribution in [3.05, 3.63) is 64.8 Å². The van der Waals surface area contributed by atoms with Crippen molar-refractivity contribution in [2.24, 2.45) is 0 Å². The number of imidazole rings is 1. The number of hydrogen-bond acceptors (Lipinski definition) is 5. The summed E-state index contributed by atoms with van der Waals surface area (Å²) in [5, 5.41) is 2.51. The maximum absolute atomic E-state index is 15.5. The van der Waals surface area contributed by atoms with Gasteiger partial charge in [0, 0.05) is 37.7 Å². The van der Waals surface area contributed by atoms with Crippen molar-refractivity contribution in [2.75, 3.05) is 32.1 Å². The lowest BCUT2D eigenvalue weighted by Gasteiger charge is -2.32. The van der Waals surface area contributed by atoms with E-state index in [1.165, 1.54) is 12.0 Å². The number of carbonyl (C=O) groups is 2. The van der Waals surface area contributed by atoms with Crippen LogP contribution in [0.15, 0.2) is 30.5 Å². The van der Waals surface area contributed by atoms with E-state index in [2.05, 4.69) is 15.1 Å². The number of anilines is 1. The third-order valence-electron chi connectivity index (χ3n) is 6.99. The van der Waals surface area contributed by atoms with Crippen molar-refractivity contribution in [3.8, 4) is 11.3 Å². The first-order chi connectivity index (χ1) is 18.2. The van der Waals surface area contributed by atoms with Crippen molar-refractivity contribution in [2.45, 2.75) is 44.2 Å². The molecule has 0 unspecified atom stereocenters. The van der Waals surface area contributed by atoms with Gasteiger partial charge >= 0.3 is 6.09 Å². The third-order valence-corrected chi connectivity index (χ3v) is 6.99. The monoisotopic (exact) mass is 523 g/mol. The predicted octanol–water partition coefficient (Wildman–Crippen LogP) is 4.38. The molecule has 38 heavy (non-hydrogen) atoms. The Morgan fingerprint density at radius 1 is 1.29 bits per heavy atom. The second-order valence-electron chi connectivity index (χ2n) is 9.83. The highest BCUT2D eigenvalue weighted by molar-refractivity contribution is 5.92. The summed E-state index contributed by atoms with van der Waals surface area (Å²) in [6.45, 7) is 10.1. The molecular formula is C27H27F2N5O4. The van der Waals surface area contributed by atoms with Crippen LogP contribution in [0.25, 0.3) is 21.7 Å². The molecule has 1 saturated carbocycles. The van der Waals surface area contributed by atoms with E-state index >= 15 is 8.78 Å². The largest absolute Gasteiger partial charge is 0.453 e. The molecule has 1 aliphatic carbocycles. The molecule has 11 heteroatoms. The van der Waals surface area contributed by atoms with Crippen LogP contribution >= 0.6 is 0 Å². The molecule has 1 aliphatic heterocycles. The van der Waals surface area contributed by atoms with E-state index in [9.17, 15) is 9.59 Å². The van der Waals surface area contributed by atoms with Crippen molar-refractivity contribution in [1.82, 2.24) is 14.3 Å². The second-order valence-corrected chi connectivity index (χ2v) is 9.83. The first kappa shape index (κ1) is 25.6. The van der Waals surface area contributed by atoms with E-state index in [4.69, 9.17) is 16.0 Å². The number of pyridine rings is 1. The number of aromatic nitrogens is 2. The fourth-order valence-electron chi connectivity index (χ4n) is 4.79. The molecule has 9 nitrogen and oxygen atoms in total. The summed E-state index contributed by atoms with van der Waals surface area (Å²) in [6, 6.07) is 5.79. The Labute approximate surface area is 218 Å². The third kappa shape index (κ3) is 5.04. The number of amides is 2. The summed E-state index contributed by atoms with van der Waals surface area (Å²) in [5.41, 5.74) is 1.06. The molecule has 2 aromatic heterocycles. The molecule has 3 aromatic rings. The molecule has 2 fully saturated rings. The van der Waals surface area contributed by atoms with Crippen LogP contribution in [0.3, 0.4) is 0 Å². The van der Waals surface area contributed by atoms with Crippen LogP contribution in [0.2, 0.25) is 0 Å². The van der Waals surface area contributed by atoms with Gasteiger partial charge in [0.1, 0.15) is 23.7 Å². The maximum atomic E-state index is 15.5. The molecule has 3 heterocycles. The van der Waals surface area contributed by atoms with Gasteiger partial charge in [0.15, 0.2) is 0 Å². The minimum atomic E-state index is -0.881. The van der Waals surface area contributed by atoms with Crippen LogP contribution in [-0.2, 0) is 20.7 Å². The number of nitrogens with one attached hydrogen (secondary N) is 1. The van der Waals surface area contributed by atoms with Gasteiger partial charge in [-0.1, -0.05) is 0 Å². The Hall–Kier alpha value is -4.04. The molecule has 1 atom stereocenters. The number of fused-ring (bicyclic) bond motifs is 1. The molecule has 198 valence electrons. The molecule has 5 rings (SSSR count). The number of carbonyl (C=O) groups excluding carboxylic acids is 2. The van der Waals surface area contributed by atoms with E-state index in [0.717, 1.165) is 17.7 Å². The van der Waals surface area contributed by atoms with Crippen molar-refractivity contribution in [3.63, 3.8) is 0 Å². The maximum Gasteiger partial charge on any atom is 0.409 e. The molecule has 2 aliphatic rings. The standard InChI is InChI=1S/C27H27F2N5O4/c1-16-4-7-34-21(13-18-15-33(8-9-38-18)26(36)37-3)25(32-22(34)10-16)24-19(28)11-17(12-20(24)29)31-23(35)14-27(30-2)5-6-27/h4,7,10-12,18H,5-6,8-9,13-15H2,1,3H3,(H,31,35)/t18-/m0/s1. The number of halogens is 2. The average Bonchev–Trinajstić information content (AvgIpc) is 3.57. The zero-order chi connectivity index (χ0) is 27.0. The lowest BCUT2D eigenvalue weighted by Crippen LogP contribution is -2.46. The fraction of sp³-hybridized carbons (Fsp3) is 0.407. The number of morpholine rings is 1.